The monoisotopic (exact) mass is 279 g/mol. The second-order valence-corrected chi connectivity index (χ2v) is 5.25. The second kappa shape index (κ2) is 6.13. The molecule has 108 valence electrons. The van der Waals surface area contributed by atoms with Crippen LogP contribution in [0.5, 0.6) is 0 Å². The zero-order chi connectivity index (χ0) is 14.7. The largest absolute Gasteiger partial charge is 0.384 e. The summed E-state index contributed by atoms with van der Waals surface area (Å²) in [5.41, 5.74) is 0.600. The standard InChI is InChI=1S/C15H18FNO3/c1-9(8-20-2)12-7-13(18)17-15(19)14(12)10-4-3-5-11(16)6-10/h3-6,9,12,14H,7-8H2,1-2H3,(H,17,18,19). The maximum atomic E-state index is 13.4. The van der Waals surface area contributed by atoms with E-state index in [2.05, 4.69) is 5.32 Å². The van der Waals surface area contributed by atoms with Crippen molar-refractivity contribution in [3.05, 3.63) is 35.6 Å². The van der Waals surface area contributed by atoms with Gasteiger partial charge in [0.25, 0.3) is 0 Å². The quantitative estimate of drug-likeness (QED) is 0.856. The second-order valence-electron chi connectivity index (χ2n) is 5.25. The van der Waals surface area contributed by atoms with Crippen LogP contribution in [0.3, 0.4) is 0 Å². The Balaban J connectivity index is 2.34. The number of rotatable bonds is 4. The van der Waals surface area contributed by atoms with Crippen LogP contribution in [-0.2, 0) is 14.3 Å². The molecule has 3 atom stereocenters. The first-order valence-corrected chi connectivity index (χ1v) is 6.61. The summed E-state index contributed by atoms with van der Waals surface area (Å²) >= 11 is 0. The summed E-state index contributed by atoms with van der Waals surface area (Å²) in [6.45, 7) is 2.39. The minimum Gasteiger partial charge on any atom is -0.384 e. The molecule has 3 unspecified atom stereocenters. The maximum absolute atomic E-state index is 13.4. The number of halogens is 1. The first-order chi connectivity index (χ1) is 9.52. The lowest BCUT2D eigenvalue weighted by molar-refractivity contribution is -0.137. The van der Waals surface area contributed by atoms with E-state index in [1.807, 2.05) is 6.92 Å². The minimum absolute atomic E-state index is 0.0308. The summed E-state index contributed by atoms with van der Waals surface area (Å²) in [6.07, 6.45) is 0.247. The number of ether oxygens (including phenoxy) is 1. The smallest absolute Gasteiger partial charge is 0.234 e. The molecule has 1 aliphatic rings. The van der Waals surface area contributed by atoms with Crippen LogP contribution in [0.15, 0.2) is 24.3 Å². The maximum Gasteiger partial charge on any atom is 0.234 e. The van der Waals surface area contributed by atoms with Gasteiger partial charge in [-0.1, -0.05) is 19.1 Å². The third-order valence-corrected chi connectivity index (χ3v) is 3.76. The van der Waals surface area contributed by atoms with Gasteiger partial charge in [0, 0.05) is 20.1 Å². The van der Waals surface area contributed by atoms with Crippen molar-refractivity contribution in [2.45, 2.75) is 19.3 Å². The van der Waals surface area contributed by atoms with Crippen LogP contribution in [-0.4, -0.2) is 25.5 Å². The molecule has 0 aliphatic carbocycles. The molecule has 0 spiro atoms. The van der Waals surface area contributed by atoms with Crippen molar-refractivity contribution in [1.82, 2.24) is 5.32 Å². The number of nitrogens with one attached hydrogen (secondary N) is 1. The fourth-order valence-corrected chi connectivity index (χ4v) is 2.81. The Hall–Kier alpha value is -1.75. The summed E-state index contributed by atoms with van der Waals surface area (Å²) in [5.74, 6) is -1.70. The van der Waals surface area contributed by atoms with E-state index >= 15 is 0 Å². The zero-order valence-corrected chi connectivity index (χ0v) is 11.6. The lowest BCUT2D eigenvalue weighted by atomic mass is 9.74. The van der Waals surface area contributed by atoms with Gasteiger partial charge in [-0.25, -0.2) is 4.39 Å². The Bertz CT molecular complexity index is 518. The van der Waals surface area contributed by atoms with Crippen molar-refractivity contribution in [2.24, 2.45) is 11.8 Å². The van der Waals surface area contributed by atoms with Gasteiger partial charge in [-0.15, -0.1) is 0 Å². The van der Waals surface area contributed by atoms with Gasteiger partial charge in [0.1, 0.15) is 5.82 Å². The van der Waals surface area contributed by atoms with E-state index in [-0.39, 0.29) is 35.9 Å². The summed E-state index contributed by atoms with van der Waals surface area (Å²) in [7, 11) is 1.58. The molecule has 0 saturated carbocycles. The van der Waals surface area contributed by atoms with Crippen molar-refractivity contribution in [2.75, 3.05) is 13.7 Å². The number of piperidine rings is 1. The van der Waals surface area contributed by atoms with Crippen molar-refractivity contribution >= 4 is 11.8 Å². The molecule has 1 aliphatic heterocycles. The van der Waals surface area contributed by atoms with Crippen molar-refractivity contribution < 1.29 is 18.7 Å². The number of hydrogen-bond donors (Lipinski definition) is 1. The summed E-state index contributed by atoms with van der Waals surface area (Å²) in [5, 5.41) is 2.33. The van der Waals surface area contributed by atoms with Crippen molar-refractivity contribution in [1.29, 1.82) is 0 Å². The third-order valence-electron chi connectivity index (χ3n) is 3.76. The Morgan fingerprint density at radius 1 is 1.45 bits per heavy atom. The molecule has 0 bridgehead atoms. The Labute approximate surface area is 117 Å². The number of imide groups is 1. The molecule has 4 nitrogen and oxygen atoms in total. The van der Waals surface area contributed by atoms with E-state index in [0.29, 0.717) is 12.2 Å². The molecule has 1 fully saturated rings. The predicted octanol–water partition coefficient (Wildman–Crippen LogP) is 1.85. The molecule has 1 aromatic carbocycles. The summed E-state index contributed by atoms with van der Waals surface area (Å²) < 4.78 is 18.5. The van der Waals surface area contributed by atoms with Gasteiger partial charge in [0.2, 0.25) is 11.8 Å². The molecule has 1 heterocycles. The number of amides is 2. The molecule has 1 saturated heterocycles. The van der Waals surface area contributed by atoms with Gasteiger partial charge in [-0.2, -0.15) is 0 Å². The van der Waals surface area contributed by atoms with E-state index < -0.39 is 5.92 Å². The van der Waals surface area contributed by atoms with E-state index in [4.69, 9.17) is 4.74 Å². The van der Waals surface area contributed by atoms with Crippen LogP contribution >= 0.6 is 0 Å². The fraction of sp³-hybridized carbons (Fsp3) is 0.467. The normalized spacial score (nSPS) is 24.4. The molecule has 2 amide bonds. The van der Waals surface area contributed by atoms with Gasteiger partial charge in [-0.05, 0) is 29.5 Å². The molecule has 1 N–H and O–H groups in total. The van der Waals surface area contributed by atoms with Crippen LogP contribution in [0.4, 0.5) is 4.39 Å². The van der Waals surface area contributed by atoms with Crippen LogP contribution < -0.4 is 5.32 Å². The van der Waals surface area contributed by atoms with Crippen LogP contribution in [0.25, 0.3) is 0 Å². The van der Waals surface area contributed by atoms with Gasteiger partial charge < -0.3 is 4.74 Å². The Kier molecular flexibility index (Phi) is 4.49. The first kappa shape index (κ1) is 14.7. The number of hydrogen-bond acceptors (Lipinski definition) is 3. The third kappa shape index (κ3) is 3.04. The highest BCUT2D eigenvalue weighted by Gasteiger charge is 2.39. The lowest BCUT2D eigenvalue weighted by Gasteiger charge is -2.34. The fourth-order valence-electron chi connectivity index (χ4n) is 2.81. The Morgan fingerprint density at radius 2 is 2.20 bits per heavy atom. The van der Waals surface area contributed by atoms with Gasteiger partial charge in [-0.3, -0.25) is 14.9 Å². The minimum atomic E-state index is -0.520. The molecule has 0 radical (unpaired) electrons. The van der Waals surface area contributed by atoms with Gasteiger partial charge in [0.05, 0.1) is 5.92 Å². The number of methoxy groups -OCH3 is 1. The highest BCUT2D eigenvalue weighted by molar-refractivity contribution is 6.01. The van der Waals surface area contributed by atoms with Crippen LogP contribution in [0, 0.1) is 17.7 Å². The lowest BCUT2D eigenvalue weighted by Crippen LogP contribution is -2.46. The van der Waals surface area contributed by atoms with E-state index in [1.54, 1.807) is 19.2 Å². The molecule has 20 heavy (non-hydrogen) atoms. The summed E-state index contributed by atoms with van der Waals surface area (Å²) in [6, 6.07) is 5.98. The first-order valence-electron chi connectivity index (χ1n) is 6.61. The average molecular weight is 279 g/mol. The van der Waals surface area contributed by atoms with Crippen molar-refractivity contribution in [3.63, 3.8) is 0 Å². The number of carbonyl (C=O) groups excluding carboxylic acids is 2. The topological polar surface area (TPSA) is 55.4 Å². The molecule has 2 rings (SSSR count). The van der Waals surface area contributed by atoms with E-state index in [1.165, 1.54) is 12.1 Å². The average Bonchev–Trinajstić information content (AvgIpc) is 2.38. The van der Waals surface area contributed by atoms with Crippen molar-refractivity contribution in [3.8, 4) is 0 Å². The predicted molar refractivity (Wildman–Crippen MR) is 71.4 cm³/mol. The Morgan fingerprint density at radius 3 is 2.85 bits per heavy atom. The molecular formula is C15H18FNO3. The van der Waals surface area contributed by atoms with Crippen LogP contribution in [0.2, 0.25) is 0 Å². The highest BCUT2D eigenvalue weighted by atomic mass is 19.1. The number of carbonyl (C=O) groups is 2. The van der Waals surface area contributed by atoms with E-state index in [0.717, 1.165) is 0 Å². The van der Waals surface area contributed by atoms with E-state index in [9.17, 15) is 14.0 Å². The van der Waals surface area contributed by atoms with Crippen LogP contribution in [0.1, 0.15) is 24.8 Å². The molecule has 5 heteroatoms. The SMILES string of the molecule is COCC(C)C1CC(=O)NC(=O)C1c1cccc(F)c1. The number of benzene rings is 1. The molecule has 0 aromatic heterocycles. The molecule has 1 aromatic rings. The van der Waals surface area contributed by atoms with Gasteiger partial charge >= 0.3 is 0 Å². The highest BCUT2D eigenvalue weighted by Crippen LogP contribution is 2.36. The molecular weight excluding hydrogens is 261 g/mol. The summed E-state index contributed by atoms with van der Waals surface area (Å²) in [4.78, 5) is 23.7. The zero-order valence-electron chi connectivity index (χ0n) is 11.6. The van der Waals surface area contributed by atoms with Gasteiger partial charge in [0.15, 0.2) is 0 Å².